The minimum absolute atomic E-state index is 0.174. The summed E-state index contributed by atoms with van der Waals surface area (Å²) >= 11 is 0. The third-order valence-corrected chi connectivity index (χ3v) is 4.47. The lowest BCUT2D eigenvalue weighted by molar-refractivity contribution is -0.402. The molecular formula is C20H13N3O7. The Morgan fingerprint density at radius 2 is 1.73 bits per heavy atom. The molecule has 1 aromatic heterocycles. The normalized spacial score (nSPS) is 12.6. The van der Waals surface area contributed by atoms with Gasteiger partial charge in [0, 0.05) is 11.8 Å². The molecule has 3 aromatic rings. The van der Waals surface area contributed by atoms with Crippen molar-refractivity contribution in [1.29, 1.82) is 0 Å². The molecule has 4 rings (SSSR count). The first-order valence-corrected chi connectivity index (χ1v) is 8.62. The highest BCUT2D eigenvalue weighted by Crippen LogP contribution is 2.36. The summed E-state index contributed by atoms with van der Waals surface area (Å²) in [6, 6.07) is 13.1. The molecule has 0 saturated heterocycles. The Hall–Kier alpha value is -4.47. The molecule has 1 aliphatic heterocycles. The summed E-state index contributed by atoms with van der Waals surface area (Å²) < 4.78 is 10.2. The van der Waals surface area contributed by atoms with Crippen LogP contribution in [0, 0.1) is 10.1 Å². The minimum Gasteiger partial charge on any atom is -0.494 e. The molecule has 1 N–H and O–H groups in total. The maximum atomic E-state index is 12.7. The Bertz CT molecular complexity index is 1180. The van der Waals surface area contributed by atoms with Gasteiger partial charge in [-0.1, -0.05) is 12.1 Å². The molecule has 0 aliphatic carbocycles. The van der Waals surface area contributed by atoms with Crippen molar-refractivity contribution in [2.75, 3.05) is 17.3 Å². The van der Waals surface area contributed by atoms with E-state index in [-0.39, 0.29) is 22.9 Å². The van der Waals surface area contributed by atoms with Crippen LogP contribution in [-0.4, -0.2) is 29.8 Å². The molecule has 10 nitrogen and oxygen atoms in total. The average molecular weight is 407 g/mol. The summed E-state index contributed by atoms with van der Waals surface area (Å²) in [5.41, 5.74) is 1.08. The van der Waals surface area contributed by atoms with Crippen LogP contribution in [0.5, 0.6) is 5.75 Å². The third-order valence-electron chi connectivity index (χ3n) is 4.47. The van der Waals surface area contributed by atoms with Gasteiger partial charge in [0.25, 0.3) is 17.7 Å². The molecule has 1 aliphatic rings. The number of hydrogen-bond acceptors (Lipinski definition) is 7. The van der Waals surface area contributed by atoms with Crippen LogP contribution >= 0.6 is 0 Å². The van der Waals surface area contributed by atoms with Gasteiger partial charge in [0.1, 0.15) is 10.7 Å². The number of carbonyl (C=O) groups is 3. The number of fused-ring (bicyclic) bond motifs is 1. The molecule has 0 unspecified atom stereocenters. The summed E-state index contributed by atoms with van der Waals surface area (Å²) in [4.78, 5) is 48.6. The number of imide groups is 1. The number of hydrogen-bond donors (Lipinski definition) is 1. The van der Waals surface area contributed by atoms with Crippen LogP contribution < -0.4 is 15.0 Å². The fourth-order valence-corrected chi connectivity index (χ4v) is 3.09. The highest BCUT2D eigenvalue weighted by Gasteiger charge is 2.37. The number of ether oxygens (including phenoxy) is 1. The minimum atomic E-state index is -0.753. The van der Waals surface area contributed by atoms with Crippen molar-refractivity contribution in [3.63, 3.8) is 0 Å². The quantitative estimate of drug-likeness (QED) is 0.390. The summed E-state index contributed by atoms with van der Waals surface area (Å²) in [6.07, 6.45) is 0. The highest BCUT2D eigenvalue weighted by atomic mass is 16.6. The fourth-order valence-electron chi connectivity index (χ4n) is 3.09. The van der Waals surface area contributed by atoms with Crippen LogP contribution in [0.3, 0.4) is 0 Å². The zero-order valence-electron chi connectivity index (χ0n) is 15.4. The van der Waals surface area contributed by atoms with Crippen molar-refractivity contribution in [2.45, 2.75) is 0 Å². The van der Waals surface area contributed by atoms with Gasteiger partial charge in [0.05, 0.1) is 30.0 Å². The lowest BCUT2D eigenvalue weighted by Crippen LogP contribution is -2.29. The number of methoxy groups -OCH3 is 1. The number of nitrogens with one attached hydrogen (secondary N) is 1. The second kappa shape index (κ2) is 7.17. The Morgan fingerprint density at radius 3 is 2.30 bits per heavy atom. The van der Waals surface area contributed by atoms with Gasteiger partial charge in [-0.05, 0) is 30.3 Å². The smallest absolute Gasteiger partial charge is 0.433 e. The molecule has 0 atom stereocenters. The molecular weight excluding hydrogens is 394 g/mol. The van der Waals surface area contributed by atoms with Crippen molar-refractivity contribution in [3.05, 3.63) is 81.6 Å². The van der Waals surface area contributed by atoms with E-state index in [1.165, 1.54) is 31.4 Å². The molecule has 30 heavy (non-hydrogen) atoms. The van der Waals surface area contributed by atoms with Gasteiger partial charge in [-0.2, -0.15) is 0 Å². The molecule has 3 amide bonds. The Labute approximate surface area is 168 Å². The van der Waals surface area contributed by atoms with Crippen molar-refractivity contribution >= 4 is 35.0 Å². The third kappa shape index (κ3) is 3.05. The second-order valence-electron chi connectivity index (χ2n) is 6.23. The molecule has 0 saturated carbocycles. The van der Waals surface area contributed by atoms with E-state index >= 15 is 0 Å². The first-order chi connectivity index (χ1) is 14.4. The topological polar surface area (TPSA) is 132 Å². The van der Waals surface area contributed by atoms with Gasteiger partial charge in [-0.15, -0.1) is 0 Å². The molecule has 10 heteroatoms. The van der Waals surface area contributed by atoms with E-state index in [1.54, 1.807) is 24.3 Å². The summed E-state index contributed by atoms with van der Waals surface area (Å²) in [5.74, 6) is -2.29. The van der Waals surface area contributed by atoms with Crippen LogP contribution in [0.1, 0.15) is 31.3 Å². The number of rotatable bonds is 5. The Balaban J connectivity index is 1.61. The number of nitro groups is 1. The molecule has 2 aromatic carbocycles. The lowest BCUT2D eigenvalue weighted by Gasteiger charge is -2.18. The van der Waals surface area contributed by atoms with E-state index in [0.717, 1.165) is 11.0 Å². The summed E-state index contributed by atoms with van der Waals surface area (Å²) in [5, 5.41) is 13.2. The van der Waals surface area contributed by atoms with Crippen LogP contribution in [-0.2, 0) is 0 Å². The molecule has 0 fully saturated rings. The van der Waals surface area contributed by atoms with Gasteiger partial charge in [0.15, 0.2) is 5.76 Å². The van der Waals surface area contributed by atoms with E-state index in [2.05, 4.69) is 5.32 Å². The van der Waals surface area contributed by atoms with Crippen molar-refractivity contribution in [2.24, 2.45) is 0 Å². The highest BCUT2D eigenvalue weighted by molar-refractivity contribution is 6.34. The Morgan fingerprint density at radius 1 is 1.07 bits per heavy atom. The fraction of sp³-hybridized carbons (Fsp3) is 0.0500. The lowest BCUT2D eigenvalue weighted by atomic mass is 10.1. The average Bonchev–Trinajstić information content (AvgIpc) is 3.33. The predicted octanol–water partition coefficient (Wildman–Crippen LogP) is 3.25. The summed E-state index contributed by atoms with van der Waals surface area (Å²) in [7, 11) is 1.36. The standard InChI is InChI=1S/C20H13N3O7/c1-29-16-10-11(21-18(24)15-8-9-17(30-15)23(27)28)6-7-14(16)22-19(25)12-4-2-3-5-13(12)20(22)26/h2-10H,1H3,(H,21,24). The van der Waals surface area contributed by atoms with Gasteiger partial charge < -0.3 is 14.5 Å². The first-order valence-electron chi connectivity index (χ1n) is 8.62. The van der Waals surface area contributed by atoms with E-state index in [0.29, 0.717) is 11.1 Å². The first kappa shape index (κ1) is 18.9. The number of amides is 3. The van der Waals surface area contributed by atoms with Crippen LogP contribution in [0.4, 0.5) is 17.3 Å². The monoisotopic (exact) mass is 407 g/mol. The number of furan rings is 1. The number of carbonyl (C=O) groups excluding carboxylic acids is 3. The molecule has 150 valence electrons. The van der Waals surface area contributed by atoms with Gasteiger partial charge >= 0.3 is 5.88 Å². The van der Waals surface area contributed by atoms with Crippen LogP contribution in [0.2, 0.25) is 0 Å². The van der Waals surface area contributed by atoms with Crippen LogP contribution in [0.15, 0.2) is 59.0 Å². The van der Waals surface area contributed by atoms with Crippen LogP contribution in [0.25, 0.3) is 0 Å². The summed E-state index contributed by atoms with van der Waals surface area (Å²) in [6.45, 7) is 0. The van der Waals surface area contributed by atoms with Crippen molar-refractivity contribution in [1.82, 2.24) is 0 Å². The largest absolute Gasteiger partial charge is 0.494 e. The van der Waals surface area contributed by atoms with Gasteiger partial charge in [-0.3, -0.25) is 24.5 Å². The maximum Gasteiger partial charge on any atom is 0.433 e. The number of nitrogens with zero attached hydrogens (tertiary/aromatic N) is 2. The van der Waals surface area contributed by atoms with E-state index in [9.17, 15) is 24.5 Å². The number of anilines is 2. The zero-order valence-corrected chi connectivity index (χ0v) is 15.4. The number of benzene rings is 2. The predicted molar refractivity (Wildman–Crippen MR) is 104 cm³/mol. The van der Waals surface area contributed by atoms with E-state index in [1.807, 2.05) is 0 Å². The molecule has 0 radical (unpaired) electrons. The Kier molecular flexibility index (Phi) is 4.51. The van der Waals surface area contributed by atoms with Gasteiger partial charge in [0.2, 0.25) is 0 Å². The zero-order chi connectivity index (χ0) is 21.4. The van der Waals surface area contributed by atoms with Crippen molar-refractivity contribution < 1.29 is 28.5 Å². The van der Waals surface area contributed by atoms with E-state index in [4.69, 9.17) is 9.15 Å². The van der Waals surface area contributed by atoms with Gasteiger partial charge in [-0.25, -0.2) is 4.90 Å². The molecule has 0 bridgehead atoms. The maximum absolute atomic E-state index is 12.7. The molecule has 0 spiro atoms. The SMILES string of the molecule is COc1cc(NC(=O)c2ccc([N+](=O)[O-])o2)ccc1N1C(=O)c2ccccc2C1=O. The van der Waals surface area contributed by atoms with Crippen molar-refractivity contribution in [3.8, 4) is 5.75 Å². The van der Waals surface area contributed by atoms with E-state index < -0.39 is 28.5 Å². The second-order valence-corrected chi connectivity index (χ2v) is 6.23. The molecule has 2 heterocycles.